The monoisotopic (exact) mass is 602 g/mol. The van der Waals surface area contributed by atoms with Crippen molar-refractivity contribution in [3.8, 4) is 0 Å². The summed E-state index contributed by atoms with van der Waals surface area (Å²) in [7, 11) is 0. The van der Waals surface area contributed by atoms with E-state index >= 15 is 0 Å². The SMILES string of the molecule is C.CC.CC.CC.CC(C)c1ccccn1.CC(C)c1cccnc1.CC(C)c1ccncc1.CCC.CCC.CCC. The predicted octanol–water partition coefficient (Wildman–Crippen LogP) is 14.6. The Balaban J connectivity index is -0.0000000732. The Bertz CT molecular complexity index is 647. The molecule has 3 rings (SSSR count). The van der Waals surface area contributed by atoms with Crippen LogP contribution in [-0.4, -0.2) is 15.0 Å². The largest absolute Gasteiger partial charge is 0.265 e. The van der Waals surface area contributed by atoms with Crippen molar-refractivity contribution in [1.82, 2.24) is 15.0 Å². The summed E-state index contributed by atoms with van der Waals surface area (Å²) in [5.74, 6) is 1.76. The Morgan fingerprint density at radius 1 is 0.465 bits per heavy atom. The molecule has 0 atom stereocenters. The molecule has 0 saturated carbocycles. The summed E-state index contributed by atoms with van der Waals surface area (Å²) in [4.78, 5) is 12.1. The molecule has 0 spiro atoms. The first kappa shape index (κ1) is 56.3. The van der Waals surface area contributed by atoms with Gasteiger partial charge in [-0.15, -0.1) is 0 Å². The molecule has 254 valence electrons. The minimum atomic E-state index is 0. The number of pyridine rings is 3. The first-order valence-corrected chi connectivity index (χ1v) is 16.9. The third-order valence-electron chi connectivity index (χ3n) is 4.00. The van der Waals surface area contributed by atoms with Gasteiger partial charge in [-0.25, -0.2) is 0 Å². The molecule has 3 aromatic heterocycles. The number of rotatable bonds is 3. The molecule has 43 heavy (non-hydrogen) atoms. The standard InChI is InChI=1S/3C8H11N.3C3H8.3C2H6.CH4/c1-7(2)8-3-5-9-6-4-8;1-7(2)8-4-3-5-9-6-8;1-7(2)8-5-3-4-6-9-8;3*1-3-2;3*1-2;/h3*3-7H,1-2H3;3*3H2,1-2H3;3*1-2H3;1H4. The third kappa shape index (κ3) is 49.4. The molecule has 0 radical (unpaired) electrons. The molecule has 0 aliphatic carbocycles. The summed E-state index contributed by atoms with van der Waals surface area (Å²) in [6, 6.07) is 14.2. The van der Waals surface area contributed by atoms with E-state index in [2.05, 4.69) is 104 Å². The van der Waals surface area contributed by atoms with E-state index < -0.39 is 0 Å². The Morgan fingerprint density at radius 2 is 0.884 bits per heavy atom. The molecule has 3 heterocycles. The highest BCUT2D eigenvalue weighted by atomic mass is 14.7. The molecule has 0 aromatic carbocycles. The number of hydrogen-bond donors (Lipinski definition) is 0. The van der Waals surface area contributed by atoms with Crippen LogP contribution in [0.5, 0.6) is 0 Å². The lowest BCUT2D eigenvalue weighted by Crippen LogP contribution is -1.88. The van der Waals surface area contributed by atoms with Crippen LogP contribution in [0.3, 0.4) is 0 Å². The zero-order chi connectivity index (χ0) is 34.2. The van der Waals surface area contributed by atoms with E-state index in [-0.39, 0.29) is 7.43 Å². The van der Waals surface area contributed by atoms with Crippen molar-refractivity contribution >= 4 is 0 Å². The van der Waals surface area contributed by atoms with Crippen molar-refractivity contribution in [3.63, 3.8) is 0 Å². The van der Waals surface area contributed by atoms with Crippen molar-refractivity contribution in [1.29, 1.82) is 0 Å². The molecule has 3 aromatic rings. The summed E-state index contributed by atoms with van der Waals surface area (Å²) >= 11 is 0. The first-order chi connectivity index (χ1) is 20.2. The Hall–Kier alpha value is -2.55. The smallest absolute Gasteiger partial charge is 0.0428 e. The lowest BCUT2D eigenvalue weighted by Gasteiger charge is -2.01. The fourth-order valence-electron chi connectivity index (χ4n) is 2.18. The average Bonchev–Trinajstić information content (AvgIpc) is 3.03. The van der Waals surface area contributed by atoms with Gasteiger partial charge in [0.2, 0.25) is 0 Å². The minimum absolute atomic E-state index is 0. The molecule has 0 aliphatic heterocycles. The fraction of sp³-hybridized carbons (Fsp3) is 0.625. The summed E-state index contributed by atoms with van der Waals surface area (Å²) in [5.41, 5.74) is 3.82. The fourth-order valence-corrected chi connectivity index (χ4v) is 2.18. The molecule has 0 aliphatic rings. The Morgan fingerprint density at radius 3 is 1.09 bits per heavy atom. The average molecular weight is 602 g/mol. The van der Waals surface area contributed by atoms with Gasteiger partial charge in [0, 0.05) is 36.7 Å². The third-order valence-corrected chi connectivity index (χ3v) is 4.00. The maximum atomic E-state index is 4.18. The summed E-state index contributed by atoms with van der Waals surface area (Å²) in [6.45, 7) is 37.7. The zero-order valence-electron chi connectivity index (χ0n) is 31.6. The van der Waals surface area contributed by atoms with Gasteiger partial charge in [0.25, 0.3) is 0 Å². The molecule has 0 amide bonds. The topological polar surface area (TPSA) is 38.7 Å². The number of hydrogen-bond acceptors (Lipinski definition) is 3. The van der Waals surface area contributed by atoms with Crippen molar-refractivity contribution < 1.29 is 0 Å². The van der Waals surface area contributed by atoms with E-state index in [1.807, 2.05) is 103 Å². The van der Waals surface area contributed by atoms with E-state index in [0.717, 1.165) is 5.69 Å². The van der Waals surface area contributed by atoms with Gasteiger partial charge in [0.15, 0.2) is 0 Å². The minimum Gasteiger partial charge on any atom is -0.265 e. The quantitative estimate of drug-likeness (QED) is 0.300. The molecule has 0 N–H and O–H groups in total. The van der Waals surface area contributed by atoms with Gasteiger partial charge in [0.05, 0.1) is 0 Å². The number of aromatic nitrogens is 3. The van der Waals surface area contributed by atoms with Crippen LogP contribution in [0.4, 0.5) is 0 Å². The van der Waals surface area contributed by atoms with Gasteiger partial charge in [-0.3, -0.25) is 15.0 Å². The highest BCUT2D eigenvalue weighted by molar-refractivity contribution is 5.13. The van der Waals surface area contributed by atoms with Crippen molar-refractivity contribution in [2.45, 2.75) is 169 Å². The van der Waals surface area contributed by atoms with Crippen LogP contribution >= 0.6 is 0 Å². The van der Waals surface area contributed by atoms with Gasteiger partial charge in [0.1, 0.15) is 0 Å². The molecule has 0 saturated heterocycles. The van der Waals surface area contributed by atoms with Crippen molar-refractivity contribution in [2.24, 2.45) is 0 Å². The Kier molecular flexibility index (Phi) is 68.2. The van der Waals surface area contributed by atoms with Crippen LogP contribution in [0.25, 0.3) is 0 Å². The van der Waals surface area contributed by atoms with Crippen LogP contribution in [0.15, 0.2) is 73.4 Å². The second kappa shape index (κ2) is 52.1. The van der Waals surface area contributed by atoms with Gasteiger partial charge in [-0.05, 0) is 59.2 Å². The van der Waals surface area contributed by atoms with Crippen LogP contribution in [0.1, 0.15) is 186 Å². The van der Waals surface area contributed by atoms with E-state index in [0.29, 0.717) is 17.8 Å². The number of nitrogens with zero attached hydrogens (tertiary/aromatic N) is 3. The van der Waals surface area contributed by atoms with Gasteiger partial charge < -0.3 is 0 Å². The van der Waals surface area contributed by atoms with Gasteiger partial charge in [-0.1, -0.05) is 163 Å². The Labute approximate surface area is 273 Å². The molecular weight excluding hydrogens is 522 g/mol. The van der Waals surface area contributed by atoms with Crippen molar-refractivity contribution in [3.05, 3.63) is 90.3 Å². The molecule has 0 fully saturated rings. The zero-order valence-corrected chi connectivity index (χ0v) is 31.6. The van der Waals surface area contributed by atoms with E-state index in [9.17, 15) is 0 Å². The second-order valence-electron chi connectivity index (χ2n) is 9.41. The predicted molar refractivity (Wildman–Crippen MR) is 204 cm³/mol. The van der Waals surface area contributed by atoms with Crippen LogP contribution in [0.2, 0.25) is 0 Å². The molecule has 0 unspecified atom stereocenters. The maximum Gasteiger partial charge on any atom is 0.0428 e. The highest BCUT2D eigenvalue weighted by Crippen LogP contribution is 2.11. The van der Waals surface area contributed by atoms with Crippen LogP contribution < -0.4 is 0 Å². The van der Waals surface area contributed by atoms with Crippen LogP contribution in [0, 0.1) is 0 Å². The highest BCUT2D eigenvalue weighted by Gasteiger charge is 1.96. The second-order valence-corrected chi connectivity index (χ2v) is 9.41. The summed E-state index contributed by atoms with van der Waals surface area (Å²) < 4.78 is 0. The molecule has 3 heteroatoms. The van der Waals surface area contributed by atoms with Crippen LogP contribution in [-0.2, 0) is 0 Å². The molecule has 3 nitrogen and oxygen atoms in total. The van der Waals surface area contributed by atoms with Gasteiger partial charge in [-0.2, -0.15) is 0 Å². The van der Waals surface area contributed by atoms with E-state index in [1.165, 1.54) is 30.4 Å². The lowest BCUT2D eigenvalue weighted by molar-refractivity contribution is 0.823. The lowest BCUT2D eigenvalue weighted by atomic mass is 10.1. The van der Waals surface area contributed by atoms with E-state index in [4.69, 9.17) is 0 Å². The molecule has 0 bridgehead atoms. The molecular formula is C40H79N3. The van der Waals surface area contributed by atoms with E-state index in [1.54, 1.807) is 6.20 Å². The maximum absolute atomic E-state index is 4.18. The summed E-state index contributed by atoms with van der Waals surface area (Å²) in [6.07, 6.45) is 12.9. The van der Waals surface area contributed by atoms with Crippen molar-refractivity contribution in [2.75, 3.05) is 0 Å². The van der Waals surface area contributed by atoms with Gasteiger partial charge >= 0.3 is 0 Å². The summed E-state index contributed by atoms with van der Waals surface area (Å²) in [5, 5.41) is 0. The normalized spacial score (nSPS) is 8.02. The first-order valence-electron chi connectivity index (χ1n) is 16.9.